The molecule has 6 heteroatoms. The highest BCUT2D eigenvalue weighted by Gasteiger charge is 2.39. The van der Waals surface area contributed by atoms with E-state index in [1.165, 1.54) is 212 Å². The maximum Gasteiger partial charge on any atom is 0.489 e. The summed E-state index contributed by atoms with van der Waals surface area (Å²) in [5, 5.41) is 58.8. The van der Waals surface area contributed by atoms with Crippen LogP contribution in [0, 0.1) is 0 Å². The molecule has 0 saturated heterocycles. The van der Waals surface area contributed by atoms with Crippen LogP contribution < -0.4 is 5.46 Å². The van der Waals surface area contributed by atoms with Crippen LogP contribution in [0.3, 0.4) is 0 Å². The van der Waals surface area contributed by atoms with Crippen molar-refractivity contribution in [1.82, 2.24) is 0 Å². The van der Waals surface area contributed by atoms with E-state index in [4.69, 9.17) is 8.83 Å². The summed E-state index contributed by atoms with van der Waals surface area (Å²) in [7, 11) is -1.44. The number of rotatable bonds is 2. The van der Waals surface area contributed by atoms with Crippen LogP contribution >= 0.6 is 15.9 Å². The van der Waals surface area contributed by atoms with E-state index in [-0.39, 0.29) is 10.8 Å². The van der Waals surface area contributed by atoms with Crippen molar-refractivity contribution in [3.63, 3.8) is 0 Å². The predicted molar refractivity (Wildman–Crippen MR) is 479 cm³/mol. The Bertz CT molecular complexity index is 8290. The third kappa shape index (κ3) is 8.91. The smallest absolute Gasteiger partial charge is 0.456 e. The maximum absolute atomic E-state index is 9.51. The SMILES string of the molecule is CC1(C)c2cc(-c3ccc4ccc5cccc6ccc3c4c56)ccc2-c2cc3c(cc21)oc1cc2c(cc13)c1ccccc1c1ccc3ccccc3c12.CC1(C)c2cc(Br)ccc2-c2cc3c(cc21)oc1cc2c(cc13)c1ccccc1c1ccc3ccccc3c12.OB(O)c1ccc2ccc3cccc4ccc1c2c34. The van der Waals surface area contributed by atoms with Crippen molar-refractivity contribution in [2.75, 3.05) is 0 Å². The monoisotopic (exact) mass is 1490 g/mol. The molecule has 2 aromatic heterocycles. The van der Waals surface area contributed by atoms with E-state index in [9.17, 15) is 10.0 Å². The summed E-state index contributed by atoms with van der Waals surface area (Å²) in [5.74, 6) is 0. The van der Waals surface area contributed by atoms with Gasteiger partial charge in [-0.2, -0.15) is 0 Å². The number of hydrogen-bond donors (Lipinski definition) is 2. The predicted octanol–water partition coefficient (Wildman–Crippen LogP) is 28.6. The molecule has 0 unspecified atom stereocenters. The van der Waals surface area contributed by atoms with Gasteiger partial charge in [-0.25, -0.2) is 0 Å². The molecule has 4 nitrogen and oxygen atoms in total. The van der Waals surface area contributed by atoms with Crippen molar-refractivity contribution in [2.45, 2.75) is 38.5 Å². The van der Waals surface area contributed by atoms with Gasteiger partial charge in [0.1, 0.15) is 22.3 Å². The quantitative estimate of drug-likeness (QED) is 0.134. The Morgan fingerprint density at radius 3 is 1.10 bits per heavy atom. The number of halogens is 1. The third-order valence-electron chi connectivity index (χ3n) is 25.9. The normalized spacial score (nSPS) is 13.6. The topological polar surface area (TPSA) is 66.7 Å². The molecule has 2 N–H and O–H groups in total. The zero-order chi connectivity index (χ0) is 74.5. The second kappa shape index (κ2) is 23.1. The summed E-state index contributed by atoms with van der Waals surface area (Å²) < 4.78 is 14.6. The fourth-order valence-electron chi connectivity index (χ4n) is 20.5. The molecule has 112 heavy (non-hydrogen) atoms. The van der Waals surface area contributed by atoms with E-state index in [2.05, 4.69) is 329 Å². The van der Waals surface area contributed by atoms with Crippen molar-refractivity contribution in [3.05, 3.63) is 342 Å². The molecule has 22 aromatic carbocycles. The number of hydrogen-bond acceptors (Lipinski definition) is 4. The van der Waals surface area contributed by atoms with Gasteiger partial charge in [0.2, 0.25) is 0 Å². The molecule has 2 aliphatic rings. The average Bonchev–Trinajstić information content (AvgIpc) is 1.47. The number of furan rings is 2. The zero-order valence-electron chi connectivity index (χ0n) is 61.7. The Hall–Kier alpha value is -12.9. The molecule has 0 fully saturated rings. The highest BCUT2D eigenvalue weighted by Crippen LogP contribution is 2.56. The van der Waals surface area contributed by atoms with Gasteiger partial charge < -0.3 is 18.9 Å². The Kier molecular flexibility index (Phi) is 13.2. The molecule has 524 valence electrons. The molecule has 26 rings (SSSR count). The summed E-state index contributed by atoms with van der Waals surface area (Å²) in [4.78, 5) is 0. The van der Waals surface area contributed by atoms with Crippen LogP contribution in [0.4, 0.5) is 0 Å². The van der Waals surface area contributed by atoms with E-state index >= 15 is 0 Å². The first kappa shape index (κ1) is 63.9. The number of fused-ring (bicyclic) bond motifs is 28. The Labute approximate surface area is 651 Å². The Morgan fingerprint density at radius 1 is 0.232 bits per heavy atom. The van der Waals surface area contributed by atoms with Crippen LogP contribution in [0.2, 0.25) is 0 Å². The zero-order valence-corrected chi connectivity index (χ0v) is 63.3. The highest BCUT2D eigenvalue weighted by atomic mass is 79.9. The molecule has 0 amide bonds. The van der Waals surface area contributed by atoms with Gasteiger partial charge in [-0.3, -0.25) is 0 Å². The van der Waals surface area contributed by atoms with Gasteiger partial charge in [-0.15, -0.1) is 0 Å². The average molecular weight is 1490 g/mol. The van der Waals surface area contributed by atoms with Crippen LogP contribution in [0.15, 0.2) is 329 Å². The molecule has 2 aliphatic carbocycles. The van der Waals surface area contributed by atoms with Crippen LogP contribution in [0.5, 0.6) is 0 Å². The van der Waals surface area contributed by atoms with Crippen molar-refractivity contribution in [2.24, 2.45) is 0 Å². The minimum atomic E-state index is -1.44. The standard InChI is InChI=1S/C53H32O.C37H23BrO.C16H11BO2/c1-53(2)46-24-33(34-20-17-32-15-14-30-9-7-10-31-18-23-39(34)51(32)50(30)31)19-21-38(46)42-26-44-43-25-41-37-13-6-5-12-36(37)40-22-16-29-8-3-4-11-35(29)52(40)45(41)27-48(43)54-49(44)28-47(42)53;1-37(2)32-15-21(38)12-14-25(32)28-17-30-29-16-27-24-10-6-5-9-23(24)26-13-11-20-7-3-4-8-22(20)36(26)31(27)18-34(29)39-35(30)19-33(28)37;18-17(19)14-9-7-12-5-4-10-2-1-3-11-6-8-13(14)16(12)15(10)11/h3-28H,1-2H3;3-19H,1-2H3;1-9,18-19H. The molecular formula is C106H66BBrO4. The molecule has 0 bridgehead atoms. The van der Waals surface area contributed by atoms with Crippen molar-refractivity contribution in [3.8, 4) is 33.4 Å². The van der Waals surface area contributed by atoms with Crippen molar-refractivity contribution in [1.29, 1.82) is 0 Å². The van der Waals surface area contributed by atoms with Crippen LogP contribution in [-0.4, -0.2) is 17.2 Å². The van der Waals surface area contributed by atoms with Gasteiger partial charge in [0, 0.05) is 36.8 Å². The van der Waals surface area contributed by atoms with Gasteiger partial charge in [0.15, 0.2) is 0 Å². The van der Waals surface area contributed by atoms with Gasteiger partial charge in [0.05, 0.1) is 0 Å². The summed E-state index contributed by atoms with van der Waals surface area (Å²) in [6.07, 6.45) is 0. The summed E-state index contributed by atoms with van der Waals surface area (Å²) in [5.41, 5.74) is 17.3. The largest absolute Gasteiger partial charge is 0.489 e. The molecular weight excluding hydrogens is 1430 g/mol. The second-order valence-electron chi connectivity index (χ2n) is 32.3. The summed E-state index contributed by atoms with van der Waals surface area (Å²) in [6, 6.07) is 115. The summed E-state index contributed by atoms with van der Waals surface area (Å²) in [6.45, 7) is 9.38. The lowest BCUT2D eigenvalue weighted by Crippen LogP contribution is -2.30. The van der Waals surface area contributed by atoms with Gasteiger partial charge in [0.25, 0.3) is 0 Å². The molecule has 0 aliphatic heterocycles. The van der Waals surface area contributed by atoms with Crippen LogP contribution in [-0.2, 0) is 10.8 Å². The van der Waals surface area contributed by atoms with E-state index in [1.807, 2.05) is 24.3 Å². The fourth-order valence-corrected chi connectivity index (χ4v) is 20.9. The van der Waals surface area contributed by atoms with E-state index in [0.717, 1.165) is 43.0 Å². The Balaban J connectivity index is 0.000000109. The lowest BCUT2D eigenvalue weighted by Gasteiger charge is -2.22. The lowest BCUT2D eigenvalue weighted by atomic mass is 9.75. The summed E-state index contributed by atoms with van der Waals surface area (Å²) >= 11 is 3.69. The second-order valence-corrected chi connectivity index (χ2v) is 33.3. The molecule has 0 radical (unpaired) electrons. The van der Waals surface area contributed by atoms with E-state index < -0.39 is 7.12 Å². The van der Waals surface area contributed by atoms with Crippen molar-refractivity contribution >= 4 is 223 Å². The van der Waals surface area contributed by atoms with E-state index in [0.29, 0.717) is 5.46 Å². The Morgan fingerprint density at radius 2 is 0.589 bits per heavy atom. The van der Waals surface area contributed by atoms with Gasteiger partial charge >= 0.3 is 7.12 Å². The molecule has 0 atom stereocenters. The molecule has 2 heterocycles. The van der Waals surface area contributed by atoms with Crippen LogP contribution in [0.25, 0.3) is 228 Å². The first-order valence-corrected chi connectivity index (χ1v) is 39.5. The highest BCUT2D eigenvalue weighted by molar-refractivity contribution is 9.10. The fraction of sp³-hybridized carbons (Fsp3) is 0.0566. The van der Waals surface area contributed by atoms with Crippen LogP contribution in [0.1, 0.15) is 49.9 Å². The first-order chi connectivity index (χ1) is 54.7. The molecule has 0 spiro atoms. The maximum atomic E-state index is 9.51. The first-order valence-electron chi connectivity index (χ1n) is 38.7. The minimum absolute atomic E-state index is 0.0857. The molecule has 0 saturated carbocycles. The minimum Gasteiger partial charge on any atom is -0.456 e. The number of benzene rings is 22. The van der Waals surface area contributed by atoms with Gasteiger partial charge in [-0.05, 0) is 279 Å². The van der Waals surface area contributed by atoms with E-state index in [1.54, 1.807) is 6.07 Å². The molecule has 24 aromatic rings. The van der Waals surface area contributed by atoms with Crippen molar-refractivity contribution < 1.29 is 18.9 Å². The lowest BCUT2D eigenvalue weighted by molar-refractivity contribution is 0.426. The van der Waals surface area contributed by atoms with Gasteiger partial charge in [-0.1, -0.05) is 292 Å². The third-order valence-corrected chi connectivity index (χ3v) is 26.4.